The van der Waals surface area contributed by atoms with Gasteiger partial charge in [-0.05, 0) is 30.7 Å². The van der Waals surface area contributed by atoms with Crippen LogP contribution in [0.25, 0.3) is 11.1 Å². The number of nitro benzene ring substituents is 1. The summed E-state index contributed by atoms with van der Waals surface area (Å²) in [6.07, 6.45) is 1.89. The van der Waals surface area contributed by atoms with Crippen molar-refractivity contribution in [3.63, 3.8) is 0 Å². The number of likely N-dealkylation sites (tertiary alicyclic amines) is 1. The van der Waals surface area contributed by atoms with Crippen molar-refractivity contribution in [2.24, 2.45) is 11.8 Å². The van der Waals surface area contributed by atoms with E-state index in [1.54, 1.807) is 0 Å². The minimum atomic E-state index is -0.600. The third kappa shape index (κ3) is 5.66. The van der Waals surface area contributed by atoms with Crippen molar-refractivity contribution < 1.29 is 14.1 Å². The Morgan fingerprint density at radius 1 is 1.33 bits per heavy atom. The number of carbonyl (C=O) groups is 1. The van der Waals surface area contributed by atoms with Crippen molar-refractivity contribution in [2.45, 2.75) is 46.2 Å². The molecular weight excluding hydrogens is 446 g/mol. The topological polar surface area (TPSA) is 124 Å². The smallest absolute Gasteiger partial charge is 0.407 e. The second-order valence-electron chi connectivity index (χ2n) is 8.86. The number of nitro groups is 1. The standard InChI is InChI=1S/C22H27N5O5S/c1-14-8-15(2)11-25(10-14)12-16-13-33-21(23-16)24-20(28)4-3-7-26-18-6-5-17(27(30)31)9-19(18)32-22(26)29/h5-6,9,13-15H,3-4,7-8,10-12H2,1-2H3,(H,23,24,28)/t14-,15+. The third-order valence-corrected chi connectivity index (χ3v) is 6.58. The lowest BCUT2D eigenvalue weighted by atomic mass is 9.92. The van der Waals surface area contributed by atoms with Crippen LogP contribution in [-0.4, -0.2) is 38.4 Å². The van der Waals surface area contributed by atoms with Crippen LogP contribution in [0, 0.1) is 22.0 Å². The average molecular weight is 474 g/mol. The molecule has 0 unspecified atom stereocenters. The highest BCUT2D eigenvalue weighted by Crippen LogP contribution is 2.24. The molecule has 1 amide bonds. The Balaban J connectivity index is 1.28. The predicted molar refractivity (Wildman–Crippen MR) is 125 cm³/mol. The fourth-order valence-electron chi connectivity index (χ4n) is 4.55. The molecule has 1 aromatic carbocycles. The van der Waals surface area contributed by atoms with Crippen LogP contribution in [0.4, 0.5) is 10.8 Å². The Morgan fingerprint density at radius 3 is 2.82 bits per heavy atom. The van der Waals surface area contributed by atoms with E-state index in [0.717, 1.165) is 25.3 Å². The zero-order chi connectivity index (χ0) is 23.5. The van der Waals surface area contributed by atoms with Gasteiger partial charge in [-0.25, -0.2) is 9.78 Å². The summed E-state index contributed by atoms with van der Waals surface area (Å²) < 4.78 is 6.49. The quantitative estimate of drug-likeness (QED) is 0.389. The van der Waals surface area contributed by atoms with E-state index in [1.807, 2.05) is 5.38 Å². The molecule has 10 nitrogen and oxygen atoms in total. The Bertz CT molecular complexity index is 1210. The van der Waals surface area contributed by atoms with Crippen LogP contribution in [0.5, 0.6) is 0 Å². The maximum Gasteiger partial charge on any atom is 0.419 e. The molecular formula is C22H27N5O5S. The van der Waals surface area contributed by atoms with Crippen molar-refractivity contribution >= 4 is 39.2 Å². The van der Waals surface area contributed by atoms with Gasteiger partial charge in [-0.2, -0.15) is 0 Å². The number of hydrogen-bond acceptors (Lipinski definition) is 8. The highest BCUT2D eigenvalue weighted by Gasteiger charge is 2.22. The first-order chi connectivity index (χ1) is 15.8. The lowest BCUT2D eigenvalue weighted by molar-refractivity contribution is -0.384. The SMILES string of the molecule is C[C@@H]1C[C@H](C)CN(Cc2csc(NC(=O)CCCn3c(=O)oc4cc([N+](=O)[O-])ccc43)n2)C1. The van der Waals surface area contributed by atoms with Crippen molar-refractivity contribution in [3.8, 4) is 0 Å². The summed E-state index contributed by atoms with van der Waals surface area (Å²) in [5.41, 5.74) is 1.44. The fraction of sp³-hybridized carbons (Fsp3) is 0.500. The molecule has 3 aromatic rings. The van der Waals surface area contributed by atoms with Gasteiger partial charge in [0.1, 0.15) is 0 Å². The summed E-state index contributed by atoms with van der Waals surface area (Å²) in [6, 6.07) is 4.04. The number of carbonyl (C=O) groups excluding carboxylic acids is 1. The number of rotatable bonds is 8. The lowest BCUT2D eigenvalue weighted by Gasteiger charge is -2.34. The van der Waals surface area contributed by atoms with E-state index >= 15 is 0 Å². The number of nitrogens with one attached hydrogen (secondary N) is 1. The van der Waals surface area contributed by atoms with Gasteiger partial charge in [0, 0.05) is 44.0 Å². The van der Waals surface area contributed by atoms with Gasteiger partial charge in [0.05, 0.1) is 22.2 Å². The van der Waals surface area contributed by atoms with Crippen LogP contribution in [0.15, 0.2) is 32.8 Å². The fourth-order valence-corrected chi connectivity index (χ4v) is 5.26. The largest absolute Gasteiger partial charge is 0.419 e. The Hall–Kier alpha value is -3.05. The molecule has 1 saturated heterocycles. The number of thiazole rings is 1. The molecule has 11 heteroatoms. The number of amides is 1. The molecule has 176 valence electrons. The van der Waals surface area contributed by atoms with Gasteiger partial charge >= 0.3 is 5.76 Å². The van der Waals surface area contributed by atoms with Crippen molar-refractivity contribution in [1.82, 2.24) is 14.5 Å². The summed E-state index contributed by atoms with van der Waals surface area (Å²) in [4.78, 5) is 41.8. The molecule has 1 fully saturated rings. The first-order valence-electron chi connectivity index (χ1n) is 11.0. The normalized spacial score (nSPS) is 19.1. The van der Waals surface area contributed by atoms with Crippen molar-refractivity contribution in [3.05, 3.63) is 49.9 Å². The molecule has 0 bridgehead atoms. The van der Waals surface area contributed by atoms with Gasteiger partial charge in [0.25, 0.3) is 5.69 Å². The van der Waals surface area contributed by atoms with Crippen LogP contribution in [-0.2, 0) is 17.9 Å². The first-order valence-corrected chi connectivity index (χ1v) is 11.9. The molecule has 33 heavy (non-hydrogen) atoms. The van der Waals surface area contributed by atoms with E-state index in [1.165, 1.54) is 40.5 Å². The van der Waals surface area contributed by atoms with Gasteiger partial charge in [0.15, 0.2) is 10.7 Å². The summed E-state index contributed by atoms with van der Waals surface area (Å²) in [6.45, 7) is 7.75. The Labute approximate surface area is 194 Å². The molecule has 3 heterocycles. The minimum Gasteiger partial charge on any atom is -0.407 e. The minimum absolute atomic E-state index is 0.144. The second-order valence-corrected chi connectivity index (χ2v) is 9.72. The molecule has 1 aliphatic heterocycles. The van der Waals surface area contributed by atoms with E-state index in [2.05, 4.69) is 29.0 Å². The molecule has 2 aromatic heterocycles. The second kappa shape index (κ2) is 9.84. The van der Waals surface area contributed by atoms with E-state index in [4.69, 9.17) is 4.42 Å². The monoisotopic (exact) mass is 473 g/mol. The molecule has 4 rings (SSSR count). The molecule has 2 atom stereocenters. The van der Waals surface area contributed by atoms with E-state index in [-0.39, 0.29) is 30.1 Å². The number of non-ortho nitro benzene ring substituents is 1. The van der Waals surface area contributed by atoms with Gasteiger partial charge in [-0.3, -0.25) is 24.4 Å². The number of fused-ring (bicyclic) bond motifs is 1. The Morgan fingerprint density at radius 2 is 2.09 bits per heavy atom. The lowest BCUT2D eigenvalue weighted by Crippen LogP contribution is -2.38. The summed E-state index contributed by atoms with van der Waals surface area (Å²) >= 11 is 1.41. The van der Waals surface area contributed by atoms with Gasteiger partial charge in [-0.15, -0.1) is 11.3 Å². The molecule has 0 spiro atoms. The zero-order valence-electron chi connectivity index (χ0n) is 18.7. The van der Waals surface area contributed by atoms with Crippen LogP contribution >= 0.6 is 11.3 Å². The third-order valence-electron chi connectivity index (χ3n) is 5.78. The summed E-state index contributed by atoms with van der Waals surface area (Å²) in [7, 11) is 0. The summed E-state index contributed by atoms with van der Waals surface area (Å²) in [5, 5.41) is 16.3. The average Bonchev–Trinajstić information content (AvgIpc) is 3.30. The van der Waals surface area contributed by atoms with Gasteiger partial charge in [0.2, 0.25) is 5.91 Å². The number of oxazole rings is 1. The molecule has 0 aliphatic carbocycles. The number of aryl methyl sites for hydroxylation is 1. The number of piperidine rings is 1. The number of hydrogen-bond donors (Lipinski definition) is 1. The number of anilines is 1. The highest BCUT2D eigenvalue weighted by atomic mass is 32.1. The van der Waals surface area contributed by atoms with Crippen molar-refractivity contribution in [1.29, 1.82) is 0 Å². The van der Waals surface area contributed by atoms with Crippen LogP contribution in [0.3, 0.4) is 0 Å². The summed E-state index contributed by atoms with van der Waals surface area (Å²) in [5.74, 6) is 0.590. The predicted octanol–water partition coefficient (Wildman–Crippen LogP) is 3.86. The van der Waals surface area contributed by atoms with E-state index in [0.29, 0.717) is 28.9 Å². The number of nitrogens with zero attached hydrogens (tertiary/aromatic N) is 4. The van der Waals surface area contributed by atoms with Crippen LogP contribution in [0.2, 0.25) is 0 Å². The zero-order valence-corrected chi connectivity index (χ0v) is 19.5. The van der Waals surface area contributed by atoms with E-state index < -0.39 is 10.7 Å². The maximum atomic E-state index is 12.4. The molecule has 1 N–H and O–H groups in total. The van der Waals surface area contributed by atoms with Gasteiger partial charge < -0.3 is 9.73 Å². The number of benzene rings is 1. The maximum absolute atomic E-state index is 12.4. The first kappa shape index (κ1) is 23.1. The number of aromatic nitrogens is 2. The molecule has 0 radical (unpaired) electrons. The van der Waals surface area contributed by atoms with Crippen LogP contribution in [0.1, 0.15) is 38.8 Å². The van der Waals surface area contributed by atoms with E-state index in [9.17, 15) is 19.7 Å². The highest BCUT2D eigenvalue weighted by molar-refractivity contribution is 7.13. The molecule has 0 saturated carbocycles. The van der Waals surface area contributed by atoms with Crippen molar-refractivity contribution in [2.75, 3.05) is 18.4 Å². The molecule has 1 aliphatic rings. The van der Waals surface area contributed by atoms with Gasteiger partial charge in [-0.1, -0.05) is 13.8 Å². The Kier molecular flexibility index (Phi) is 6.89. The van der Waals surface area contributed by atoms with Crippen LogP contribution < -0.4 is 11.1 Å².